The Bertz CT molecular complexity index is 706. The van der Waals surface area contributed by atoms with Gasteiger partial charge in [0, 0.05) is 10.4 Å². The molecular formula is C18H24NaO4S-. The van der Waals surface area contributed by atoms with E-state index < -0.39 is 10.4 Å². The van der Waals surface area contributed by atoms with Crippen LogP contribution < -0.4 is 29.6 Å². The first-order valence-electron chi connectivity index (χ1n) is 8.03. The van der Waals surface area contributed by atoms with E-state index in [1.165, 1.54) is 49.3 Å². The van der Waals surface area contributed by atoms with Gasteiger partial charge in [-0.2, -0.15) is 0 Å². The predicted molar refractivity (Wildman–Crippen MR) is 91.6 cm³/mol. The Morgan fingerprint density at radius 1 is 0.875 bits per heavy atom. The second kappa shape index (κ2) is 12.0. The van der Waals surface area contributed by atoms with Crippen LogP contribution in [0.15, 0.2) is 36.4 Å². The number of hydrogen-bond donors (Lipinski definition) is 0. The average molecular weight is 359 g/mol. The van der Waals surface area contributed by atoms with Crippen molar-refractivity contribution in [2.75, 3.05) is 0 Å². The molecule has 0 spiro atoms. The summed E-state index contributed by atoms with van der Waals surface area (Å²) in [5, 5.41) is 2.86. The fraction of sp³-hybridized carbons (Fsp3) is 0.444. The summed E-state index contributed by atoms with van der Waals surface area (Å²) < 4.78 is 34.1. The van der Waals surface area contributed by atoms with Crippen molar-refractivity contribution >= 4 is 21.2 Å². The van der Waals surface area contributed by atoms with E-state index in [2.05, 4.69) is 50.2 Å². The fourth-order valence-electron chi connectivity index (χ4n) is 2.63. The predicted octanol–water partition coefficient (Wildman–Crippen LogP) is 1.19. The fourth-order valence-corrected chi connectivity index (χ4v) is 2.63. The van der Waals surface area contributed by atoms with Gasteiger partial charge in [0.05, 0.1) is 0 Å². The van der Waals surface area contributed by atoms with Crippen molar-refractivity contribution in [3.05, 3.63) is 47.5 Å². The number of unbranched alkanes of at least 4 members (excludes halogenated alkanes) is 2. The maximum Gasteiger partial charge on any atom is 1.00 e. The van der Waals surface area contributed by atoms with Gasteiger partial charge in [-0.15, -0.1) is 0 Å². The minimum atomic E-state index is -5.17. The van der Waals surface area contributed by atoms with E-state index in [-0.39, 0.29) is 29.6 Å². The summed E-state index contributed by atoms with van der Waals surface area (Å²) in [6, 6.07) is 13.5. The van der Waals surface area contributed by atoms with Crippen LogP contribution in [0.3, 0.4) is 0 Å². The van der Waals surface area contributed by atoms with E-state index in [0.29, 0.717) is 0 Å². The summed E-state index contributed by atoms with van der Waals surface area (Å²) in [5.41, 5.74) is 3.17. The van der Waals surface area contributed by atoms with E-state index in [1.807, 2.05) is 0 Å². The van der Waals surface area contributed by atoms with Crippen LogP contribution in [-0.4, -0.2) is 17.5 Å². The molecule has 2 aromatic carbocycles. The molecule has 0 bridgehead atoms. The van der Waals surface area contributed by atoms with Crippen molar-refractivity contribution in [2.45, 2.75) is 52.4 Å². The number of rotatable bonds is 6. The molecule has 0 aromatic heterocycles. The summed E-state index contributed by atoms with van der Waals surface area (Å²) in [6.07, 6.45) is 7.62. The number of aryl methyl sites for hydroxylation is 2. The van der Waals surface area contributed by atoms with Gasteiger partial charge >= 0.3 is 29.6 Å². The molecular weight excluding hydrogens is 335 g/mol. The minimum Gasteiger partial charge on any atom is -0.759 e. The van der Waals surface area contributed by atoms with Crippen molar-refractivity contribution in [1.82, 2.24) is 0 Å². The first kappa shape index (κ1) is 23.6. The molecule has 0 aliphatic carbocycles. The molecule has 2 aromatic rings. The van der Waals surface area contributed by atoms with Crippen LogP contribution in [0, 0.1) is 0 Å². The summed E-state index contributed by atoms with van der Waals surface area (Å²) in [6.45, 7) is 4.55. The van der Waals surface area contributed by atoms with E-state index in [9.17, 15) is 0 Å². The van der Waals surface area contributed by atoms with Crippen molar-refractivity contribution < 1.29 is 47.1 Å². The Balaban J connectivity index is 0.000000777. The largest absolute Gasteiger partial charge is 1.00 e. The molecule has 2 rings (SSSR count). The maximum atomic E-state index is 8.52. The summed E-state index contributed by atoms with van der Waals surface area (Å²) >= 11 is 0. The molecule has 0 radical (unpaired) electrons. The molecule has 0 aliphatic heterocycles. The first-order valence-corrected chi connectivity index (χ1v) is 9.36. The SMILES string of the molecule is CCCCc1ccc2ccccc2c1CCCC.O=S(=O)([O-])[O-].[Na+]. The molecule has 0 amide bonds. The van der Waals surface area contributed by atoms with Gasteiger partial charge in [0.25, 0.3) is 0 Å². The van der Waals surface area contributed by atoms with Gasteiger partial charge in [-0.25, -0.2) is 0 Å². The molecule has 6 heteroatoms. The zero-order valence-electron chi connectivity index (χ0n) is 14.7. The molecule has 0 unspecified atom stereocenters. The zero-order valence-corrected chi connectivity index (χ0v) is 17.6. The van der Waals surface area contributed by atoms with Crippen LogP contribution in [0.25, 0.3) is 10.8 Å². The quantitative estimate of drug-likeness (QED) is 0.441. The van der Waals surface area contributed by atoms with E-state index >= 15 is 0 Å². The van der Waals surface area contributed by atoms with Gasteiger partial charge in [-0.1, -0.05) is 63.1 Å². The Hall–Kier alpha value is -0.430. The average Bonchev–Trinajstić information content (AvgIpc) is 2.49. The maximum absolute atomic E-state index is 8.52. The van der Waals surface area contributed by atoms with Crippen LogP contribution in [0.4, 0.5) is 0 Å². The molecule has 0 aliphatic rings. The monoisotopic (exact) mass is 359 g/mol. The number of benzene rings is 2. The van der Waals surface area contributed by atoms with Crippen LogP contribution in [0.1, 0.15) is 50.7 Å². The summed E-state index contributed by atoms with van der Waals surface area (Å²) in [4.78, 5) is 0. The van der Waals surface area contributed by atoms with E-state index in [1.54, 1.807) is 11.1 Å². The van der Waals surface area contributed by atoms with Gasteiger partial charge in [0.15, 0.2) is 0 Å². The third-order valence-electron chi connectivity index (χ3n) is 3.72. The number of hydrogen-bond acceptors (Lipinski definition) is 4. The van der Waals surface area contributed by atoms with Crippen molar-refractivity contribution in [1.29, 1.82) is 0 Å². The van der Waals surface area contributed by atoms with Crippen molar-refractivity contribution in [3.8, 4) is 0 Å². The summed E-state index contributed by atoms with van der Waals surface area (Å²) in [5.74, 6) is 0. The van der Waals surface area contributed by atoms with E-state index in [4.69, 9.17) is 17.5 Å². The molecule has 4 nitrogen and oxygen atoms in total. The standard InChI is InChI=1S/C18H24.Na.H2O4S/c1-3-5-9-15-13-14-16-10-7-8-12-18(16)17(15)11-6-4-2;;1-5(2,3)4/h7-8,10,12-14H,3-6,9,11H2,1-2H3;;(H2,1,2,3,4)/q;+1;/p-2. The van der Waals surface area contributed by atoms with Gasteiger partial charge in [0.1, 0.15) is 0 Å². The van der Waals surface area contributed by atoms with Crippen molar-refractivity contribution in [2.24, 2.45) is 0 Å². The Morgan fingerprint density at radius 2 is 1.42 bits per heavy atom. The summed E-state index contributed by atoms with van der Waals surface area (Å²) in [7, 11) is -5.17. The molecule has 0 N–H and O–H groups in total. The Labute approximate surface area is 167 Å². The Morgan fingerprint density at radius 3 is 2.00 bits per heavy atom. The second-order valence-electron chi connectivity index (χ2n) is 5.54. The third kappa shape index (κ3) is 9.16. The smallest absolute Gasteiger partial charge is 0.759 e. The van der Waals surface area contributed by atoms with E-state index in [0.717, 1.165) is 0 Å². The minimum absolute atomic E-state index is 0. The van der Waals surface area contributed by atoms with Gasteiger partial charge in [-0.3, -0.25) is 8.42 Å². The first-order chi connectivity index (χ1) is 10.9. The molecule has 24 heavy (non-hydrogen) atoms. The van der Waals surface area contributed by atoms with Crippen LogP contribution in [0.2, 0.25) is 0 Å². The van der Waals surface area contributed by atoms with Gasteiger partial charge in [-0.05, 0) is 47.6 Å². The molecule has 0 atom stereocenters. The molecule has 0 heterocycles. The van der Waals surface area contributed by atoms with Gasteiger partial charge < -0.3 is 9.11 Å². The molecule has 0 fully saturated rings. The topological polar surface area (TPSA) is 80.3 Å². The van der Waals surface area contributed by atoms with Crippen LogP contribution in [-0.2, 0) is 23.2 Å². The molecule has 128 valence electrons. The molecule has 0 saturated heterocycles. The zero-order chi connectivity index (χ0) is 17.3. The third-order valence-corrected chi connectivity index (χ3v) is 3.72. The number of fused-ring (bicyclic) bond motifs is 1. The van der Waals surface area contributed by atoms with Crippen LogP contribution in [0.5, 0.6) is 0 Å². The normalized spacial score (nSPS) is 10.7. The van der Waals surface area contributed by atoms with Crippen molar-refractivity contribution in [3.63, 3.8) is 0 Å². The second-order valence-corrected chi connectivity index (χ2v) is 6.36. The van der Waals surface area contributed by atoms with Gasteiger partial charge in [0.2, 0.25) is 0 Å². The molecule has 0 saturated carbocycles. The Kier molecular flexibility index (Phi) is 11.8. The van der Waals surface area contributed by atoms with Crippen LogP contribution >= 0.6 is 0 Å².